The van der Waals surface area contributed by atoms with Crippen LogP contribution in [-0.2, 0) is 9.53 Å². The van der Waals surface area contributed by atoms with Gasteiger partial charge in [-0.05, 0) is 31.5 Å². The number of esters is 1. The van der Waals surface area contributed by atoms with Gasteiger partial charge < -0.3 is 14.6 Å². The van der Waals surface area contributed by atoms with Crippen molar-refractivity contribution in [1.29, 1.82) is 0 Å². The number of rotatable bonds is 4. The van der Waals surface area contributed by atoms with Gasteiger partial charge in [-0.25, -0.2) is 4.79 Å². The Hall–Kier alpha value is -2.30. The molecule has 1 atom stereocenters. The van der Waals surface area contributed by atoms with Gasteiger partial charge in [0.25, 0.3) is 0 Å². The zero-order chi connectivity index (χ0) is 15.6. The maximum absolute atomic E-state index is 11.6. The highest BCUT2D eigenvalue weighted by Gasteiger charge is 2.17. The summed E-state index contributed by atoms with van der Waals surface area (Å²) in [6.45, 7) is 6.19. The average molecular weight is 288 g/mol. The Morgan fingerprint density at radius 3 is 2.62 bits per heavy atom. The number of nitrogens with one attached hydrogen (secondary N) is 1. The van der Waals surface area contributed by atoms with Gasteiger partial charge in [0.15, 0.2) is 0 Å². The Balaban J connectivity index is 2.38. The number of carbonyl (C=O) groups is 2. The first-order valence-corrected chi connectivity index (χ1v) is 6.96. The van der Waals surface area contributed by atoms with Crippen molar-refractivity contribution in [2.45, 2.75) is 26.8 Å². The lowest BCUT2D eigenvalue weighted by Gasteiger charge is -2.27. The number of hydrogen-bond acceptors (Lipinski definition) is 3. The number of amides is 1. The first kappa shape index (κ1) is 15.1. The van der Waals surface area contributed by atoms with Crippen molar-refractivity contribution < 1.29 is 14.3 Å². The van der Waals surface area contributed by atoms with E-state index >= 15 is 0 Å². The second kappa shape index (κ2) is 5.99. The van der Waals surface area contributed by atoms with E-state index in [-0.39, 0.29) is 17.9 Å². The number of hydrogen-bond donors (Lipinski definition) is 1. The van der Waals surface area contributed by atoms with Gasteiger partial charge in [0.1, 0.15) is 5.69 Å². The molecule has 2 rings (SSSR count). The van der Waals surface area contributed by atoms with Crippen molar-refractivity contribution in [3.8, 4) is 0 Å². The summed E-state index contributed by atoms with van der Waals surface area (Å²) in [6.07, 6.45) is 0. The number of H-pyrrole nitrogens is 1. The molecule has 5 heteroatoms. The molecule has 21 heavy (non-hydrogen) atoms. The molecule has 5 nitrogen and oxygen atoms in total. The lowest BCUT2D eigenvalue weighted by Crippen LogP contribution is -2.31. The van der Waals surface area contributed by atoms with Crippen LogP contribution in [0, 0.1) is 0 Å². The third kappa shape index (κ3) is 2.91. The molecule has 1 heterocycles. The molecular formula is C16H20N2O3. The Bertz CT molecular complexity index is 675. The quantitative estimate of drug-likeness (QED) is 0.880. The molecule has 2 aromatic rings. The van der Waals surface area contributed by atoms with E-state index in [1.165, 1.54) is 7.11 Å². The molecule has 0 spiro atoms. The SMILES string of the molecule is CCN(C(C)=O)C(C)c1ccc2cc(C(=O)OC)[nH]c2c1. The smallest absolute Gasteiger partial charge is 0.354 e. The van der Waals surface area contributed by atoms with Crippen LogP contribution in [-0.4, -0.2) is 35.4 Å². The standard InChI is InChI=1S/C16H20N2O3/c1-5-18(11(3)19)10(2)12-6-7-13-9-15(16(20)21-4)17-14(13)8-12/h6-10,17H,5H2,1-4H3. The van der Waals surface area contributed by atoms with E-state index in [9.17, 15) is 9.59 Å². The number of methoxy groups -OCH3 is 1. The fraction of sp³-hybridized carbons (Fsp3) is 0.375. The largest absolute Gasteiger partial charge is 0.464 e. The number of aromatic nitrogens is 1. The Morgan fingerprint density at radius 1 is 1.33 bits per heavy atom. The summed E-state index contributed by atoms with van der Waals surface area (Å²) in [5, 5.41) is 0.942. The van der Waals surface area contributed by atoms with Crippen molar-refractivity contribution in [3.63, 3.8) is 0 Å². The van der Waals surface area contributed by atoms with Crippen LogP contribution in [0.25, 0.3) is 10.9 Å². The minimum Gasteiger partial charge on any atom is -0.464 e. The first-order chi connectivity index (χ1) is 9.97. The predicted molar refractivity (Wildman–Crippen MR) is 81.1 cm³/mol. The molecule has 1 N–H and O–H groups in total. The van der Waals surface area contributed by atoms with Crippen LogP contribution in [0.15, 0.2) is 24.3 Å². The zero-order valence-electron chi connectivity index (χ0n) is 12.8. The first-order valence-electron chi connectivity index (χ1n) is 6.96. The van der Waals surface area contributed by atoms with E-state index in [0.29, 0.717) is 12.2 Å². The van der Waals surface area contributed by atoms with Crippen LogP contribution in [0.1, 0.15) is 42.9 Å². The van der Waals surface area contributed by atoms with Crippen molar-refractivity contribution in [2.75, 3.05) is 13.7 Å². The van der Waals surface area contributed by atoms with Crippen LogP contribution < -0.4 is 0 Å². The monoisotopic (exact) mass is 288 g/mol. The molecule has 1 aromatic carbocycles. The second-order valence-corrected chi connectivity index (χ2v) is 5.00. The Morgan fingerprint density at radius 2 is 2.05 bits per heavy atom. The highest BCUT2D eigenvalue weighted by Crippen LogP contribution is 2.25. The number of nitrogens with zero attached hydrogens (tertiary/aromatic N) is 1. The summed E-state index contributed by atoms with van der Waals surface area (Å²) in [5.41, 5.74) is 2.31. The highest BCUT2D eigenvalue weighted by molar-refractivity contribution is 5.94. The fourth-order valence-electron chi connectivity index (χ4n) is 2.57. The minimum absolute atomic E-state index is 0.0122. The fourth-order valence-corrected chi connectivity index (χ4v) is 2.57. The maximum Gasteiger partial charge on any atom is 0.354 e. The third-order valence-corrected chi connectivity index (χ3v) is 3.75. The van der Waals surface area contributed by atoms with Crippen molar-refractivity contribution in [2.24, 2.45) is 0 Å². The lowest BCUT2D eigenvalue weighted by atomic mass is 10.1. The molecule has 0 aliphatic carbocycles. The summed E-state index contributed by atoms with van der Waals surface area (Å²) < 4.78 is 4.71. The van der Waals surface area contributed by atoms with Gasteiger partial charge in [-0.15, -0.1) is 0 Å². The normalized spacial score (nSPS) is 12.2. The van der Waals surface area contributed by atoms with Gasteiger partial charge in [0.2, 0.25) is 5.91 Å². The molecule has 0 saturated heterocycles. The zero-order valence-corrected chi connectivity index (χ0v) is 12.8. The summed E-state index contributed by atoms with van der Waals surface area (Å²) in [4.78, 5) is 28.0. The Kier molecular flexibility index (Phi) is 4.31. The molecule has 1 aromatic heterocycles. The molecule has 112 valence electrons. The molecule has 0 bridgehead atoms. The highest BCUT2D eigenvalue weighted by atomic mass is 16.5. The molecule has 1 amide bonds. The molecule has 1 unspecified atom stereocenters. The summed E-state index contributed by atoms with van der Waals surface area (Å²) >= 11 is 0. The minimum atomic E-state index is -0.389. The van der Waals surface area contributed by atoms with Gasteiger partial charge in [-0.1, -0.05) is 12.1 Å². The van der Waals surface area contributed by atoms with E-state index in [0.717, 1.165) is 16.5 Å². The van der Waals surface area contributed by atoms with Crippen molar-refractivity contribution in [3.05, 3.63) is 35.5 Å². The van der Waals surface area contributed by atoms with Gasteiger partial charge in [0.05, 0.1) is 13.2 Å². The van der Waals surface area contributed by atoms with E-state index in [4.69, 9.17) is 4.74 Å². The summed E-state index contributed by atoms with van der Waals surface area (Å²) in [5.74, 6) is -0.341. The van der Waals surface area contributed by atoms with E-state index in [1.54, 1.807) is 17.9 Å². The lowest BCUT2D eigenvalue weighted by molar-refractivity contribution is -0.130. The number of aromatic amines is 1. The van der Waals surface area contributed by atoms with Gasteiger partial charge in [-0.3, -0.25) is 4.79 Å². The van der Waals surface area contributed by atoms with Crippen LogP contribution in [0.4, 0.5) is 0 Å². The molecule has 0 aliphatic heterocycles. The van der Waals surface area contributed by atoms with Crippen LogP contribution >= 0.6 is 0 Å². The van der Waals surface area contributed by atoms with Crippen molar-refractivity contribution >= 4 is 22.8 Å². The molecule has 0 aliphatic rings. The number of benzene rings is 1. The van der Waals surface area contributed by atoms with Crippen LogP contribution in [0.3, 0.4) is 0 Å². The van der Waals surface area contributed by atoms with Gasteiger partial charge >= 0.3 is 5.97 Å². The summed E-state index contributed by atoms with van der Waals surface area (Å²) in [7, 11) is 1.35. The van der Waals surface area contributed by atoms with Crippen LogP contribution in [0.2, 0.25) is 0 Å². The molecule has 0 fully saturated rings. The van der Waals surface area contributed by atoms with Crippen LogP contribution in [0.5, 0.6) is 0 Å². The molecule has 0 radical (unpaired) electrons. The third-order valence-electron chi connectivity index (χ3n) is 3.75. The Labute approximate surface area is 123 Å². The number of fused-ring (bicyclic) bond motifs is 1. The van der Waals surface area contributed by atoms with Gasteiger partial charge in [-0.2, -0.15) is 0 Å². The predicted octanol–water partition coefficient (Wildman–Crippen LogP) is 2.88. The van der Waals surface area contributed by atoms with E-state index < -0.39 is 0 Å². The number of carbonyl (C=O) groups excluding carboxylic acids is 2. The maximum atomic E-state index is 11.6. The average Bonchev–Trinajstić information content (AvgIpc) is 2.89. The molecular weight excluding hydrogens is 268 g/mol. The second-order valence-electron chi connectivity index (χ2n) is 5.00. The molecule has 0 saturated carbocycles. The number of ether oxygens (including phenoxy) is 1. The van der Waals surface area contributed by atoms with Crippen molar-refractivity contribution in [1.82, 2.24) is 9.88 Å². The topological polar surface area (TPSA) is 62.4 Å². The summed E-state index contributed by atoms with van der Waals surface area (Å²) in [6, 6.07) is 7.64. The van der Waals surface area contributed by atoms with E-state index in [1.807, 2.05) is 32.0 Å². The van der Waals surface area contributed by atoms with Gasteiger partial charge in [0, 0.05) is 24.4 Å². The van der Waals surface area contributed by atoms with E-state index in [2.05, 4.69) is 4.98 Å².